The molecule has 0 radical (unpaired) electrons. The molecule has 1 aromatic carbocycles. The van der Waals surface area contributed by atoms with Gasteiger partial charge in [0.25, 0.3) is 0 Å². The Kier molecular flexibility index (Phi) is 4.59. The summed E-state index contributed by atoms with van der Waals surface area (Å²) in [5.41, 5.74) is 5.59. The number of hydrogen-bond donors (Lipinski definition) is 1. The number of hydrogen-bond acceptors (Lipinski definition) is 8. The van der Waals surface area contributed by atoms with Gasteiger partial charge in [0.15, 0.2) is 0 Å². The summed E-state index contributed by atoms with van der Waals surface area (Å²) in [6.45, 7) is 1.09. The van der Waals surface area contributed by atoms with Crippen molar-refractivity contribution < 1.29 is 27.3 Å². The number of methoxy groups -OCH3 is 1. The molecule has 2 aromatic rings. The highest BCUT2D eigenvalue weighted by Gasteiger charge is 2.39. The molecule has 2 N–H and O–H groups in total. The average molecular weight is 368 g/mol. The number of benzene rings is 1. The summed E-state index contributed by atoms with van der Waals surface area (Å²) in [5.74, 6) is -0.843. The molecule has 1 aliphatic heterocycles. The van der Waals surface area contributed by atoms with Crippen molar-refractivity contribution >= 4 is 21.9 Å². The fourth-order valence-corrected chi connectivity index (χ4v) is 4.03. The molecule has 1 aromatic heterocycles. The molecular formula is C14H18N5O5S+. The Morgan fingerprint density at radius 2 is 1.88 bits per heavy atom. The lowest BCUT2D eigenvalue weighted by molar-refractivity contribution is -0.760. The molecule has 0 saturated carbocycles. The third kappa shape index (κ3) is 3.15. The fourth-order valence-electron chi connectivity index (χ4n) is 2.59. The summed E-state index contributed by atoms with van der Waals surface area (Å²) in [5, 5.41) is 5.40. The van der Waals surface area contributed by atoms with Crippen molar-refractivity contribution in [1.82, 2.24) is 9.58 Å². The Labute approximate surface area is 144 Å². The van der Waals surface area contributed by atoms with Crippen LogP contribution in [0.5, 0.6) is 0 Å². The number of carbonyl (C=O) groups excluding carboxylic acids is 1. The second-order valence-corrected chi connectivity index (χ2v) is 7.28. The topological polar surface area (TPSA) is 123 Å². The predicted molar refractivity (Wildman–Crippen MR) is 85.6 cm³/mol. The van der Waals surface area contributed by atoms with Crippen LogP contribution in [0.25, 0.3) is 0 Å². The zero-order chi connectivity index (χ0) is 18.0. The first kappa shape index (κ1) is 17.2. The number of nitrogens with zero attached hydrogens (tertiary/aromatic N) is 4. The molecule has 1 saturated heterocycles. The van der Waals surface area contributed by atoms with Gasteiger partial charge in [-0.3, -0.25) is 4.52 Å². The van der Waals surface area contributed by atoms with Gasteiger partial charge in [-0.2, -0.15) is 4.31 Å². The van der Waals surface area contributed by atoms with Crippen LogP contribution < -0.4 is 15.5 Å². The number of piperazine rings is 1. The van der Waals surface area contributed by atoms with Crippen molar-refractivity contribution in [3.63, 3.8) is 0 Å². The van der Waals surface area contributed by atoms with Crippen LogP contribution in [0, 0.1) is 0 Å². The van der Waals surface area contributed by atoms with E-state index in [1.165, 1.54) is 16.2 Å². The van der Waals surface area contributed by atoms with Crippen molar-refractivity contribution in [3.05, 3.63) is 36.0 Å². The first-order chi connectivity index (χ1) is 11.9. The first-order valence-corrected chi connectivity index (χ1v) is 8.95. The van der Waals surface area contributed by atoms with E-state index < -0.39 is 16.0 Å². The van der Waals surface area contributed by atoms with E-state index in [-0.39, 0.29) is 29.6 Å². The van der Waals surface area contributed by atoms with E-state index in [1.54, 1.807) is 35.3 Å². The number of rotatable bonds is 4. The lowest BCUT2D eigenvalue weighted by Crippen LogP contribution is -2.68. The quantitative estimate of drug-likeness (QED) is 0.537. The fraction of sp³-hybridized carbons (Fsp3) is 0.357. The average Bonchev–Trinajstić information content (AvgIpc) is 3.03. The van der Waals surface area contributed by atoms with Gasteiger partial charge in [0.2, 0.25) is 15.3 Å². The number of aromatic nitrogens is 2. The normalized spacial score (nSPS) is 16.0. The van der Waals surface area contributed by atoms with Crippen molar-refractivity contribution in [1.29, 1.82) is 0 Å². The lowest BCUT2D eigenvalue weighted by atomic mass is 10.4. The number of ether oxygens (including phenoxy) is 1. The predicted octanol–water partition coefficient (Wildman–Crippen LogP) is -1.03. The molecule has 0 unspecified atom stereocenters. The van der Waals surface area contributed by atoms with Crippen LogP contribution in [0.1, 0.15) is 10.5 Å². The summed E-state index contributed by atoms with van der Waals surface area (Å²) in [6.07, 6.45) is 0. The maximum Gasteiger partial charge on any atom is 0.415 e. The summed E-state index contributed by atoms with van der Waals surface area (Å²) < 4.78 is 36.2. The molecule has 0 amide bonds. The third-order valence-corrected chi connectivity index (χ3v) is 5.81. The van der Waals surface area contributed by atoms with Crippen molar-refractivity contribution in [3.8, 4) is 0 Å². The first-order valence-electron chi connectivity index (χ1n) is 7.51. The van der Waals surface area contributed by atoms with E-state index in [1.807, 2.05) is 0 Å². The lowest BCUT2D eigenvalue weighted by Gasteiger charge is -2.29. The molecule has 0 aliphatic carbocycles. The van der Waals surface area contributed by atoms with Crippen molar-refractivity contribution in [2.45, 2.75) is 4.90 Å². The third-order valence-electron chi connectivity index (χ3n) is 3.89. The standard InChI is InChI=1S/C14H17N5O5S/c1-23-14(20)12-13(15)24-16-19(12)17-7-9-18(10-8-17)25(21,22)11-5-3-2-4-6-11/h2-6H,7-10H2,1H3,(H-,15,16,20)/p+1. The van der Waals surface area contributed by atoms with E-state index in [2.05, 4.69) is 10.0 Å². The van der Waals surface area contributed by atoms with Gasteiger partial charge in [-0.05, 0) is 12.1 Å². The van der Waals surface area contributed by atoms with Crippen molar-refractivity contribution in [2.24, 2.45) is 0 Å². The molecule has 25 heavy (non-hydrogen) atoms. The molecule has 0 bridgehead atoms. The number of carbonyl (C=O) groups is 1. The highest BCUT2D eigenvalue weighted by atomic mass is 32.2. The minimum Gasteiger partial charge on any atom is -0.461 e. The summed E-state index contributed by atoms with van der Waals surface area (Å²) in [4.78, 5) is 13.3. The van der Waals surface area contributed by atoms with Crippen LogP contribution in [0.15, 0.2) is 39.8 Å². The maximum absolute atomic E-state index is 12.6. The molecule has 11 heteroatoms. The second-order valence-electron chi connectivity index (χ2n) is 5.34. The molecule has 0 spiro atoms. The minimum absolute atomic E-state index is 0.0260. The Morgan fingerprint density at radius 1 is 1.24 bits per heavy atom. The Bertz CT molecular complexity index is 859. The summed E-state index contributed by atoms with van der Waals surface area (Å²) in [6, 6.07) is 8.24. The largest absolute Gasteiger partial charge is 0.461 e. The van der Waals surface area contributed by atoms with Crippen molar-refractivity contribution in [2.75, 3.05) is 44.0 Å². The van der Waals surface area contributed by atoms with E-state index in [9.17, 15) is 13.2 Å². The van der Waals surface area contributed by atoms with Crippen LogP contribution in [0.4, 0.5) is 5.88 Å². The smallest absolute Gasteiger partial charge is 0.415 e. The molecule has 2 heterocycles. The van der Waals surface area contributed by atoms with Gasteiger partial charge < -0.3 is 10.5 Å². The maximum atomic E-state index is 12.6. The molecule has 10 nitrogen and oxygen atoms in total. The monoisotopic (exact) mass is 368 g/mol. The van der Waals surface area contributed by atoms with E-state index in [0.29, 0.717) is 13.1 Å². The molecule has 134 valence electrons. The highest BCUT2D eigenvalue weighted by Crippen LogP contribution is 2.16. The van der Waals surface area contributed by atoms with Crippen LogP contribution in [-0.4, -0.2) is 57.3 Å². The van der Waals surface area contributed by atoms with E-state index >= 15 is 0 Å². The molecule has 0 atom stereocenters. The van der Waals surface area contributed by atoms with Gasteiger partial charge in [0.1, 0.15) is 0 Å². The Balaban J connectivity index is 1.76. The summed E-state index contributed by atoms with van der Waals surface area (Å²) in [7, 11) is -2.33. The Morgan fingerprint density at radius 3 is 2.48 bits per heavy atom. The van der Waals surface area contributed by atoms with Crippen LogP contribution in [-0.2, 0) is 14.8 Å². The number of nitrogen functional groups attached to an aromatic ring is 1. The molecule has 3 rings (SSSR count). The molecular weight excluding hydrogens is 350 g/mol. The van der Waals surface area contributed by atoms with Gasteiger partial charge in [-0.15, -0.1) is 5.01 Å². The highest BCUT2D eigenvalue weighted by molar-refractivity contribution is 7.89. The Hall–Kier alpha value is -2.66. The zero-order valence-corrected chi connectivity index (χ0v) is 14.3. The molecule has 1 aliphatic rings. The second kappa shape index (κ2) is 6.69. The van der Waals surface area contributed by atoms with Gasteiger partial charge in [0.05, 0.1) is 29.9 Å². The van der Waals surface area contributed by atoms with Gasteiger partial charge >= 0.3 is 17.5 Å². The molecule has 1 fully saturated rings. The zero-order valence-electron chi connectivity index (χ0n) is 13.5. The number of nitrogens with two attached hydrogens (primary N) is 1. The van der Waals surface area contributed by atoms with Crippen LogP contribution in [0.2, 0.25) is 0 Å². The van der Waals surface area contributed by atoms with E-state index in [4.69, 9.17) is 10.3 Å². The van der Waals surface area contributed by atoms with Gasteiger partial charge in [0, 0.05) is 13.1 Å². The van der Waals surface area contributed by atoms with Crippen LogP contribution in [0.3, 0.4) is 0 Å². The number of esters is 1. The van der Waals surface area contributed by atoms with Gasteiger partial charge in [-0.25, -0.2) is 13.2 Å². The number of anilines is 1. The minimum atomic E-state index is -3.56. The van der Waals surface area contributed by atoms with E-state index in [0.717, 1.165) is 0 Å². The SMILES string of the molecule is COC(=O)c1c(N)on[n+]1N1CCN(S(=O)(=O)c2ccccc2)CC1. The van der Waals surface area contributed by atoms with Gasteiger partial charge in [-0.1, -0.05) is 18.2 Å². The number of sulfonamides is 1. The van der Waals surface area contributed by atoms with Crippen LogP contribution >= 0.6 is 0 Å². The summed E-state index contributed by atoms with van der Waals surface area (Å²) >= 11 is 0.